The van der Waals surface area contributed by atoms with E-state index in [-0.39, 0.29) is 27.6 Å². The first-order chi connectivity index (χ1) is 11.9. The van der Waals surface area contributed by atoms with E-state index in [4.69, 9.17) is 14.4 Å². The summed E-state index contributed by atoms with van der Waals surface area (Å²) in [5.74, 6) is 0.839. The van der Waals surface area contributed by atoms with Crippen molar-refractivity contribution in [3.05, 3.63) is 36.0 Å². The Kier molecular flexibility index (Phi) is 11.5. The van der Waals surface area contributed by atoms with Crippen LogP contribution in [0.25, 0.3) is 0 Å². The summed E-state index contributed by atoms with van der Waals surface area (Å²) in [6.07, 6.45) is 4.31. The summed E-state index contributed by atoms with van der Waals surface area (Å²) >= 11 is 3.22. The number of benzene rings is 1. The van der Waals surface area contributed by atoms with Crippen molar-refractivity contribution in [3.8, 4) is 5.75 Å². The van der Waals surface area contributed by atoms with Gasteiger partial charge >= 0.3 is 107 Å². The number of ketones is 1. The van der Waals surface area contributed by atoms with E-state index in [9.17, 15) is 4.79 Å². The van der Waals surface area contributed by atoms with Gasteiger partial charge in [0.2, 0.25) is 0 Å². The van der Waals surface area contributed by atoms with Crippen LogP contribution in [0.2, 0.25) is 0 Å². The smallest absolute Gasteiger partial charge is 0.00595 e. The Hall–Kier alpha value is 0.0934. The predicted molar refractivity (Wildman–Crippen MR) is 108 cm³/mol. The number of rotatable bonds is 6. The van der Waals surface area contributed by atoms with Gasteiger partial charge in [0, 0.05) is 0 Å². The molecule has 0 saturated carbocycles. The molecule has 0 spiro atoms. The maximum absolute atomic E-state index is 11.3. The Bertz CT molecular complexity index is 578. The summed E-state index contributed by atoms with van der Waals surface area (Å²) in [7, 11) is 5.77. The largest absolute Gasteiger partial charge is 0.386 e. The molecule has 8 heteroatoms. The third kappa shape index (κ3) is 8.55. The summed E-state index contributed by atoms with van der Waals surface area (Å²) < 4.78 is 12.0. The number of hydrogen-bond donors (Lipinski definition) is 0. The molecule has 25 heavy (non-hydrogen) atoms. The quantitative estimate of drug-likeness (QED) is 0.256. The third-order valence-corrected chi connectivity index (χ3v) is 5.87. The average Bonchev–Trinajstić information content (AvgIpc) is 3.05. The minimum Gasteiger partial charge on any atom is -0.386 e. The Labute approximate surface area is 171 Å². The summed E-state index contributed by atoms with van der Waals surface area (Å²) in [6, 6.07) is 5.44. The van der Waals surface area contributed by atoms with Gasteiger partial charge in [-0.3, -0.25) is 0 Å². The van der Waals surface area contributed by atoms with Gasteiger partial charge in [0.1, 0.15) is 0 Å². The zero-order valence-corrected chi connectivity index (χ0v) is 19.3. The van der Waals surface area contributed by atoms with Crippen LogP contribution in [-0.4, -0.2) is 50.7 Å². The van der Waals surface area contributed by atoms with Crippen molar-refractivity contribution in [3.63, 3.8) is 0 Å². The molecule has 1 aliphatic rings. The Morgan fingerprint density at radius 2 is 1.92 bits per heavy atom. The monoisotopic (exact) mass is 490 g/mol. The molecule has 4 nitrogen and oxygen atoms in total. The van der Waals surface area contributed by atoms with E-state index in [1.807, 2.05) is 30.6 Å². The molecule has 1 aromatic rings. The number of carbonyl (C=O) groups excluding carboxylic acids is 1. The van der Waals surface area contributed by atoms with Gasteiger partial charge in [-0.15, -0.1) is 23.9 Å². The van der Waals surface area contributed by atoms with Crippen molar-refractivity contribution in [1.82, 2.24) is 8.61 Å². The molecule has 1 aromatic carbocycles. The molecule has 0 aromatic heterocycles. The maximum Gasteiger partial charge on any atom is -0.00595 e. The first-order valence-electron chi connectivity index (χ1n) is 7.74. The van der Waals surface area contributed by atoms with Crippen LogP contribution in [-0.2, 0) is 15.7 Å². The summed E-state index contributed by atoms with van der Waals surface area (Å²) in [6.45, 7) is 9.95. The van der Waals surface area contributed by atoms with Crippen molar-refractivity contribution in [1.29, 1.82) is 0 Å². The fourth-order valence-corrected chi connectivity index (χ4v) is 4.08. The molecule has 143 valence electrons. The van der Waals surface area contributed by atoms with Crippen LogP contribution in [0.15, 0.2) is 18.2 Å². The van der Waals surface area contributed by atoms with Gasteiger partial charge in [0.15, 0.2) is 0 Å². The minimum absolute atomic E-state index is 0.0520. The first kappa shape index (κ1) is 23.1. The van der Waals surface area contributed by atoms with E-state index in [2.05, 4.69) is 27.8 Å². The Morgan fingerprint density at radius 1 is 1.32 bits per heavy atom. The molecule has 1 saturated heterocycles. The van der Waals surface area contributed by atoms with E-state index >= 15 is 0 Å². The number of hydrogen-bond acceptors (Lipinski definition) is 6. The van der Waals surface area contributed by atoms with E-state index in [1.165, 1.54) is 0 Å². The molecule has 1 heterocycles. The maximum atomic E-state index is 11.3. The minimum atomic E-state index is -0.329. The fourth-order valence-electron chi connectivity index (χ4n) is 1.98. The van der Waals surface area contributed by atoms with Crippen LogP contribution in [0.3, 0.4) is 0 Å². The first-order valence-corrected chi connectivity index (χ1v) is 13.3. The molecular formula is C17H25ClN2O2RuS2-. The van der Waals surface area contributed by atoms with E-state index < -0.39 is 0 Å². The second-order valence-electron chi connectivity index (χ2n) is 5.42. The van der Waals surface area contributed by atoms with Gasteiger partial charge in [-0.2, -0.15) is 6.67 Å². The number of ether oxygens (including phenoxy) is 1. The Morgan fingerprint density at radius 3 is 2.32 bits per heavy atom. The van der Waals surface area contributed by atoms with Crippen LogP contribution < -0.4 is 4.74 Å². The van der Waals surface area contributed by atoms with Gasteiger partial charge in [0.25, 0.3) is 0 Å². The standard InChI is InChI=1S/C12H14O2.C5H11N2S2.ClH.Ru/c1-8(2)14-12-6-5-11(10(4)13)7-9(12)3;1-8-6-3-4-7(5-6)9-2;;/h3,5-8H,1-2,4H3;5H,3-4H2,1-2H3;1H;/q;-1;;+1/p-1. The van der Waals surface area contributed by atoms with Crippen LogP contribution in [0, 0.1) is 6.67 Å². The van der Waals surface area contributed by atoms with E-state index in [0.717, 1.165) is 24.4 Å². The zero-order chi connectivity index (χ0) is 18.8. The summed E-state index contributed by atoms with van der Waals surface area (Å²) in [5.41, 5.74) is 1.60. The van der Waals surface area contributed by atoms with Crippen molar-refractivity contribution in [2.45, 2.75) is 26.9 Å². The number of carbonyl (C=O) groups is 1. The molecule has 0 unspecified atom stereocenters. The van der Waals surface area contributed by atoms with Crippen molar-refractivity contribution in [2.24, 2.45) is 0 Å². The predicted octanol–water partition coefficient (Wildman–Crippen LogP) is 4.34. The Balaban J connectivity index is 0.000000293. The van der Waals surface area contributed by atoms with Gasteiger partial charge in [-0.1, -0.05) is 0 Å². The molecular weight excluding hydrogens is 465 g/mol. The molecule has 0 amide bonds. The van der Waals surface area contributed by atoms with Crippen LogP contribution in [0.1, 0.15) is 36.7 Å². The van der Waals surface area contributed by atoms with Gasteiger partial charge in [-0.25, -0.2) is 0 Å². The van der Waals surface area contributed by atoms with Crippen LogP contribution in [0.4, 0.5) is 0 Å². The molecule has 0 atom stereocenters. The third-order valence-electron chi connectivity index (χ3n) is 3.19. The topological polar surface area (TPSA) is 32.8 Å². The normalized spacial score (nSPS) is 15.8. The second-order valence-corrected chi connectivity index (χ2v) is 8.88. The molecule has 0 radical (unpaired) electrons. The van der Waals surface area contributed by atoms with Gasteiger partial charge in [0.05, 0.1) is 0 Å². The van der Waals surface area contributed by atoms with Crippen LogP contribution in [0.5, 0.6) is 5.75 Å². The second kappa shape index (κ2) is 12.5. The van der Waals surface area contributed by atoms with E-state index in [0.29, 0.717) is 5.56 Å². The van der Waals surface area contributed by atoms with E-state index in [1.54, 1.807) is 36.9 Å². The fraction of sp³-hybridized carbons (Fsp3) is 0.471. The molecule has 1 fully saturated rings. The average molecular weight is 490 g/mol. The molecule has 0 aliphatic carbocycles. The molecule has 2 rings (SSSR count). The molecule has 0 N–H and O–H groups in total. The van der Waals surface area contributed by atoms with Gasteiger partial charge < -0.3 is 8.61 Å². The number of Topliss-reactive ketones (excluding diaryl/α,β-unsaturated/α-hetero) is 1. The van der Waals surface area contributed by atoms with Crippen molar-refractivity contribution in [2.75, 3.05) is 25.6 Å². The summed E-state index contributed by atoms with van der Waals surface area (Å²) in [5, 5.41) is 0. The number of halogens is 1. The molecule has 0 bridgehead atoms. The van der Waals surface area contributed by atoms with Crippen LogP contribution >= 0.6 is 33.6 Å². The van der Waals surface area contributed by atoms with Gasteiger partial charge in [-0.05, 0) is 25.6 Å². The molecule has 1 aliphatic heterocycles. The zero-order valence-electron chi connectivity index (χ0n) is 15.1. The SMILES string of the molecule is CC(=O)c1ccc(OC(C)C)c([CH]=[Ru][Cl])c1.CSN1[CH-]N(SC)CC1. The summed E-state index contributed by atoms with van der Waals surface area (Å²) in [4.78, 5) is 11.3. The van der Waals surface area contributed by atoms with Crippen molar-refractivity contribution >= 4 is 44.0 Å². The van der Waals surface area contributed by atoms with Crippen molar-refractivity contribution < 1.29 is 25.2 Å². The number of nitrogens with zero attached hydrogens (tertiary/aromatic N) is 2.